The number of carbonyl (C=O) groups is 1. The van der Waals surface area contributed by atoms with Crippen LogP contribution < -0.4 is 5.32 Å². The van der Waals surface area contributed by atoms with Crippen LogP contribution >= 0.6 is 11.8 Å². The van der Waals surface area contributed by atoms with Crippen molar-refractivity contribution in [2.75, 3.05) is 25.5 Å². The predicted octanol–water partition coefficient (Wildman–Crippen LogP) is 3.10. The van der Waals surface area contributed by atoms with Crippen LogP contribution in [0, 0.1) is 11.7 Å². The number of carbonyl (C=O) groups excluding carboxylic acids is 1. The zero-order chi connectivity index (χ0) is 14.8. The number of ether oxygens (including phenoxy) is 1. The summed E-state index contributed by atoms with van der Waals surface area (Å²) in [5, 5.41) is 2.80. The molecule has 1 rings (SSSR count). The fourth-order valence-electron chi connectivity index (χ4n) is 1.48. The molecule has 0 unspecified atom stereocenters. The van der Waals surface area contributed by atoms with E-state index in [2.05, 4.69) is 19.2 Å². The van der Waals surface area contributed by atoms with E-state index in [9.17, 15) is 9.18 Å². The van der Waals surface area contributed by atoms with Gasteiger partial charge in [-0.25, -0.2) is 4.39 Å². The minimum absolute atomic E-state index is 0.0814. The average Bonchev–Trinajstić information content (AvgIpc) is 2.41. The molecule has 112 valence electrons. The number of amides is 1. The molecule has 0 atom stereocenters. The van der Waals surface area contributed by atoms with Crippen LogP contribution in [0.15, 0.2) is 29.2 Å². The van der Waals surface area contributed by atoms with E-state index in [0.717, 1.165) is 13.0 Å². The van der Waals surface area contributed by atoms with Crippen LogP contribution in [0.1, 0.15) is 20.3 Å². The van der Waals surface area contributed by atoms with Crippen molar-refractivity contribution in [3.8, 4) is 0 Å². The molecule has 0 radical (unpaired) electrons. The van der Waals surface area contributed by atoms with Crippen LogP contribution in [-0.4, -0.2) is 31.4 Å². The molecule has 0 aromatic heterocycles. The van der Waals surface area contributed by atoms with Crippen molar-refractivity contribution in [3.05, 3.63) is 30.1 Å². The Labute approximate surface area is 124 Å². The first-order chi connectivity index (χ1) is 9.59. The SMILES string of the molecule is CC(C)COCCCNC(=O)CSc1ccccc1F. The van der Waals surface area contributed by atoms with E-state index < -0.39 is 0 Å². The van der Waals surface area contributed by atoms with Gasteiger partial charge in [0.05, 0.1) is 5.75 Å². The summed E-state index contributed by atoms with van der Waals surface area (Å²) in [6, 6.07) is 6.46. The van der Waals surface area contributed by atoms with Gasteiger partial charge < -0.3 is 10.1 Å². The van der Waals surface area contributed by atoms with E-state index in [-0.39, 0.29) is 17.5 Å². The molecule has 0 bridgehead atoms. The number of thioether (sulfide) groups is 1. The number of hydrogen-bond acceptors (Lipinski definition) is 3. The van der Waals surface area contributed by atoms with Crippen molar-refractivity contribution >= 4 is 17.7 Å². The zero-order valence-corrected chi connectivity index (χ0v) is 12.8. The summed E-state index contributed by atoms with van der Waals surface area (Å²) in [5.74, 6) is 0.393. The first-order valence-corrected chi connectivity index (χ1v) is 7.80. The maximum Gasteiger partial charge on any atom is 0.230 e. The molecule has 1 aromatic carbocycles. The molecule has 3 nitrogen and oxygen atoms in total. The normalized spacial score (nSPS) is 10.8. The molecule has 5 heteroatoms. The van der Waals surface area contributed by atoms with Gasteiger partial charge in [-0.15, -0.1) is 11.8 Å². The van der Waals surface area contributed by atoms with Gasteiger partial charge in [-0.05, 0) is 24.5 Å². The Morgan fingerprint density at radius 3 is 2.85 bits per heavy atom. The number of halogens is 1. The van der Waals surface area contributed by atoms with E-state index in [0.29, 0.717) is 24.0 Å². The highest BCUT2D eigenvalue weighted by Crippen LogP contribution is 2.20. The molecule has 0 aliphatic heterocycles. The summed E-state index contributed by atoms with van der Waals surface area (Å²) in [7, 11) is 0. The molecule has 0 saturated carbocycles. The summed E-state index contributed by atoms with van der Waals surface area (Å²) in [4.78, 5) is 12.1. The Morgan fingerprint density at radius 2 is 2.15 bits per heavy atom. The van der Waals surface area contributed by atoms with Gasteiger partial charge in [-0.1, -0.05) is 26.0 Å². The Balaban J connectivity index is 2.08. The highest BCUT2D eigenvalue weighted by molar-refractivity contribution is 8.00. The van der Waals surface area contributed by atoms with Crippen LogP contribution in [0.3, 0.4) is 0 Å². The smallest absolute Gasteiger partial charge is 0.230 e. The van der Waals surface area contributed by atoms with Crippen molar-refractivity contribution in [2.45, 2.75) is 25.2 Å². The third-order valence-electron chi connectivity index (χ3n) is 2.43. The molecule has 0 saturated heterocycles. The molecule has 20 heavy (non-hydrogen) atoms. The monoisotopic (exact) mass is 299 g/mol. The molecule has 1 amide bonds. The summed E-state index contributed by atoms with van der Waals surface area (Å²) in [6.07, 6.45) is 0.794. The molecular weight excluding hydrogens is 277 g/mol. The second-order valence-electron chi connectivity index (χ2n) is 4.89. The van der Waals surface area contributed by atoms with Crippen LogP contribution in [0.2, 0.25) is 0 Å². The summed E-state index contributed by atoms with van der Waals surface area (Å²) >= 11 is 1.21. The van der Waals surface area contributed by atoms with Crippen molar-refractivity contribution in [1.29, 1.82) is 0 Å². The van der Waals surface area contributed by atoms with Gasteiger partial charge in [0.25, 0.3) is 0 Å². The summed E-state index contributed by atoms with van der Waals surface area (Å²) < 4.78 is 18.7. The lowest BCUT2D eigenvalue weighted by atomic mass is 10.2. The van der Waals surface area contributed by atoms with Crippen molar-refractivity contribution in [2.24, 2.45) is 5.92 Å². The van der Waals surface area contributed by atoms with E-state index in [1.54, 1.807) is 18.2 Å². The average molecular weight is 299 g/mol. The van der Waals surface area contributed by atoms with Crippen LogP contribution in [0.25, 0.3) is 0 Å². The molecule has 1 aromatic rings. The molecule has 0 aliphatic rings. The van der Waals surface area contributed by atoms with Gasteiger partial charge in [-0.2, -0.15) is 0 Å². The summed E-state index contributed by atoms with van der Waals surface area (Å²) in [6.45, 7) is 6.19. The quantitative estimate of drug-likeness (QED) is 0.562. The Kier molecular flexibility index (Phi) is 8.30. The van der Waals surface area contributed by atoms with Crippen molar-refractivity contribution in [3.63, 3.8) is 0 Å². The third kappa shape index (κ3) is 7.50. The van der Waals surface area contributed by atoms with Gasteiger partial charge in [0, 0.05) is 24.7 Å². The lowest BCUT2D eigenvalue weighted by Gasteiger charge is -2.08. The lowest BCUT2D eigenvalue weighted by molar-refractivity contribution is -0.118. The lowest BCUT2D eigenvalue weighted by Crippen LogP contribution is -2.27. The third-order valence-corrected chi connectivity index (χ3v) is 3.48. The summed E-state index contributed by atoms with van der Waals surface area (Å²) in [5.41, 5.74) is 0. The first kappa shape index (κ1) is 17.0. The Morgan fingerprint density at radius 1 is 1.40 bits per heavy atom. The fraction of sp³-hybridized carbons (Fsp3) is 0.533. The van der Waals surface area contributed by atoms with Gasteiger partial charge in [-0.3, -0.25) is 4.79 Å². The standard InChI is InChI=1S/C15H22FNO2S/c1-12(2)10-19-9-5-8-17-15(18)11-20-14-7-4-3-6-13(14)16/h3-4,6-7,12H,5,8-11H2,1-2H3,(H,17,18). The van der Waals surface area contributed by atoms with Gasteiger partial charge in [0.1, 0.15) is 5.82 Å². The second kappa shape index (κ2) is 9.77. The molecule has 0 fully saturated rings. The largest absolute Gasteiger partial charge is 0.381 e. The minimum Gasteiger partial charge on any atom is -0.381 e. The fourth-order valence-corrected chi connectivity index (χ4v) is 2.25. The Hall–Kier alpha value is -1.07. The molecular formula is C15H22FNO2S. The number of hydrogen-bond donors (Lipinski definition) is 1. The molecule has 0 aliphatic carbocycles. The first-order valence-electron chi connectivity index (χ1n) is 6.81. The highest BCUT2D eigenvalue weighted by atomic mass is 32.2. The second-order valence-corrected chi connectivity index (χ2v) is 5.91. The predicted molar refractivity (Wildman–Crippen MR) is 80.4 cm³/mol. The van der Waals surface area contributed by atoms with E-state index in [1.165, 1.54) is 17.8 Å². The highest BCUT2D eigenvalue weighted by Gasteiger charge is 2.05. The molecule has 1 N–H and O–H groups in total. The van der Waals surface area contributed by atoms with E-state index in [4.69, 9.17) is 4.74 Å². The number of nitrogens with one attached hydrogen (secondary N) is 1. The number of benzene rings is 1. The maximum atomic E-state index is 13.3. The van der Waals surface area contributed by atoms with E-state index in [1.807, 2.05) is 0 Å². The van der Waals surface area contributed by atoms with Gasteiger partial charge >= 0.3 is 0 Å². The topological polar surface area (TPSA) is 38.3 Å². The van der Waals surface area contributed by atoms with Crippen molar-refractivity contribution in [1.82, 2.24) is 5.32 Å². The maximum absolute atomic E-state index is 13.3. The van der Waals surface area contributed by atoms with Gasteiger partial charge in [0.15, 0.2) is 0 Å². The molecule has 0 spiro atoms. The molecule has 0 heterocycles. The van der Waals surface area contributed by atoms with Crippen LogP contribution in [0.4, 0.5) is 4.39 Å². The van der Waals surface area contributed by atoms with Crippen LogP contribution in [0.5, 0.6) is 0 Å². The Bertz CT molecular complexity index is 413. The minimum atomic E-state index is -0.285. The zero-order valence-electron chi connectivity index (χ0n) is 12.0. The number of rotatable bonds is 9. The van der Waals surface area contributed by atoms with Crippen molar-refractivity contribution < 1.29 is 13.9 Å². The van der Waals surface area contributed by atoms with E-state index >= 15 is 0 Å². The van der Waals surface area contributed by atoms with Crippen LogP contribution in [-0.2, 0) is 9.53 Å². The van der Waals surface area contributed by atoms with Gasteiger partial charge in [0.2, 0.25) is 5.91 Å².